The molecule has 1 aromatic carbocycles. The molecule has 108 valence electrons. The summed E-state index contributed by atoms with van der Waals surface area (Å²) in [4.78, 5) is 0. The van der Waals surface area contributed by atoms with Gasteiger partial charge in [0, 0.05) is 19.5 Å². The molecule has 1 N–H and O–H groups in total. The largest absolute Gasteiger partial charge is 0.317 e. The predicted molar refractivity (Wildman–Crippen MR) is 81.6 cm³/mol. The van der Waals surface area contributed by atoms with E-state index in [-0.39, 0.29) is 0 Å². The van der Waals surface area contributed by atoms with Gasteiger partial charge in [-0.3, -0.25) is 0 Å². The molecule has 0 saturated heterocycles. The molecule has 2 rings (SSSR count). The van der Waals surface area contributed by atoms with E-state index in [1.165, 1.54) is 16.7 Å². The molecule has 0 saturated carbocycles. The van der Waals surface area contributed by atoms with Crippen molar-refractivity contribution < 1.29 is 0 Å². The van der Waals surface area contributed by atoms with Crippen molar-refractivity contribution in [3.05, 3.63) is 46.5 Å². The monoisotopic (exact) mass is 272 g/mol. The van der Waals surface area contributed by atoms with Gasteiger partial charge in [0.15, 0.2) is 0 Å². The van der Waals surface area contributed by atoms with Crippen LogP contribution < -0.4 is 5.32 Å². The van der Waals surface area contributed by atoms with Crippen LogP contribution in [-0.4, -0.2) is 14.8 Å². The van der Waals surface area contributed by atoms with Crippen LogP contribution in [-0.2, 0) is 20.0 Å². The van der Waals surface area contributed by atoms with Crippen molar-refractivity contribution in [2.75, 3.05) is 0 Å². The third kappa shape index (κ3) is 2.90. The summed E-state index contributed by atoms with van der Waals surface area (Å²) in [5.74, 6) is 2.01. The molecular weight excluding hydrogens is 248 g/mol. The zero-order chi connectivity index (χ0) is 14.7. The van der Waals surface area contributed by atoms with E-state index in [0.29, 0.717) is 6.04 Å². The molecule has 4 nitrogen and oxygen atoms in total. The van der Waals surface area contributed by atoms with Gasteiger partial charge in [-0.15, -0.1) is 10.2 Å². The number of nitrogens with one attached hydrogen (secondary N) is 1. The first-order valence-electron chi connectivity index (χ1n) is 7.21. The highest BCUT2D eigenvalue weighted by atomic mass is 15.3. The summed E-state index contributed by atoms with van der Waals surface area (Å²) in [7, 11) is 2.03. The molecule has 0 unspecified atom stereocenters. The lowest BCUT2D eigenvalue weighted by Crippen LogP contribution is -2.21. The highest BCUT2D eigenvalue weighted by molar-refractivity contribution is 5.35. The molecule has 4 heteroatoms. The fraction of sp³-hybridized carbons (Fsp3) is 0.500. The number of nitrogens with zero attached hydrogens (tertiary/aromatic N) is 3. The lowest BCUT2D eigenvalue weighted by molar-refractivity contribution is 0.544. The second kappa shape index (κ2) is 6.18. The summed E-state index contributed by atoms with van der Waals surface area (Å²) in [6.45, 7) is 9.36. The molecule has 1 aromatic heterocycles. The fourth-order valence-corrected chi connectivity index (χ4v) is 2.46. The lowest BCUT2D eigenvalue weighted by atomic mass is 9.98. The Morgan fingerprint density at radius 3 is 2.55 bits per heavy atom. The van der Waals surface area contributed by atoms with Gasteiger partial charge in [0.2, 0.25) is 0 Å². The van der Waals surface area contributed by atoms with E-state index in [4.69, 9.17) is 0 Å². The maximum Gasteiger partial charge on any atom is 0.146 e. The zero-order valence-corrected chi connectivity index (χ0v) is 13.1. The fourth-order valence-electron chi connectivity index (χ4n) is 2.46. The Morgan fingerprint density at radius 2 is 1.90 bits per heavy atom. The van der Waals surface area contributed by atoms with Gasteiger partial charge in [0.05, 0.1) is 6.54 Å². The SMILES string of the molecule is CCc1nnc(CN[C@@H](C)c2cccc(C)c2C)n1C. The van der Waals surface area contributed by atoms with Crippen LogP contribution in [0.4, 0.5) is 0 Å². The third-order valence-corrected chi connectivity index (χ3v) is 4.05. The van der Waals surface area contributed by atoms with Crippen LogP contribution in [0.15, 0.2) is 18.2 Å². The summed E-state index contributed by atoms with van der Waals surface area (Å²) in [5, 5.41) is 12.0. The van der Waals surface area contributed by atoms with E-state index >= 15 is 0 Å². The average molecular weight is 272 g/mol. The molecule has 0 bridgehead atoms. The lowest BCUT2D eigenvalue weighted by Gasteiger charge is -2.17. The summed E-state index contributed by atoms with van der Waals surface area (Å²) in [6, 6.07) is 6.76. The van der Waals surface area contributed by atoms with E-state index in [1.807, 2.05) is 7.05 Å². The van der Waals surface area contributed by atoms with Crippen LogP contribution in [0.3, 0.4) is 0 Å². The van der Waals surface area contributed by atoms with Gasteiger partial charge in [-0.25, -0.2) is 0 Å². The molecule has 0 amide bonds. The minimum atomic E-state index is 0.302. The van der Waals surface area contributed by atoms with Crippen molar-refractivity contribution in [2.24, 2.45) is 7.05 Å². The summed E-state index contributed by atoms with van der Waals surface area (Å²) in [6.07, 6.45) is 0.913. The van der Waals surface area contributed by atoms with Crippen LogP contribution in [0, 0.1) is 13.8 Å². The molecule has 0 radical (unpaired) electrons. The Kier molecular flexibility index (Phi) is 4.55. The highest BCUT2D eigenvalue weighted by Gasteiger charge is 2.11. The van der Waals surface area contributed by atoms with Crippen LogP contribution in [0.2, 0.25) is 0 Å². The van der Waals surface area contributed by atoms with Gasteiger partial charge in [-0.1, -0.05) is 25.1 Å². The van der Waals surface area contributed by atoms with E-state index in [0.717, 1.165) is 24.6 Å². The predicted octanol–water partition coefficient (Wildman–Crippen LogP) is 2.85. The molecule has 0 aliphatic carbocycles. The topological polar surface area (TPSA) is 42.7 Å². The van der Waals surface area contributed by atoms with Gasteiger partial charge in [0.25, 0.3) is 0 Å². The number of hydrogen-bond donors (Lipinski definition) is 1. The first-order chi connectivity index (χ1) is 9.54. The van der Waals surface area contributed by atoms with Gasteiger partial charge in [0.1, 0.15) is 11.6 Å². The standard InChI is InChI=1S/C16H24N4/c1-6-15-18-19-16(20(15)5)10-17-13(4)14-9-7-8-11(2)12(14)3/h7-9,13,17H,6,10H2,1-5H3/t13-/m0/s1. The number of aryl methyl sites for hydroxylation is 2. The number of hydrogen-bond acceptors (Lipinski definition) is 3. The first kappa shape index (κ1) is 14.7. The second-order valence-corrected chi connectivity index (χ2v) is 5.34. The molecule has 0 aliphatic heterocycles. The van der Waals surface area contributed by atoms with Crippen LogP contribution >= 0.6 is 0 Å². The van der Waals surface area contributed by atoms with Crippen molar-refractivity contribution in [2.45, 2.75) is 46.7 Å². The number of benzene rings is 1. The van der Waals surface area contributed by atoms with E-state index < -0.39 is 0 Å². The van der Waals surface area contributed by atoms with Crippen LogP contribution in [0.1, 0.15) is 48.2 Å². The normalized spacial score (nSPS) is 12.7. The zero-order valence-electron chi connectivity index (χ0n) is 13.1. The number of rotatable bonds is 5. The van der Waals surface area contributed by atoms with Gasteiger partial charge >= 0.3 is 0 Å². The maximum absolute atomic E-state index is 4.24. The smallest absolute Gasteiger partial charge is 0.146 e. The summed E-state index contributed by atoms with van der Waals surface area (Å²) >= 11 is 0. The van der Waals surface area contributed by atoms with E-state index in [2.05, 4.69) is 66.0 Å². The Bertz CT molecular complexity index is 586. The van der Waals surface area contributed by atoms with E-state index in [9.17, 15) is 0 Å². The molecule has 0 aliphatic rings. The van der Waals surface area contributed by atoms with Gasteiger partial charge in [-0.2, -0.15) is 0 Å². The second-order valence-electron chi connectivity index (χ2n) is 5.34. The van der Waals surface area contributed by atoms with Crippen molar-refractivity contribution in [1.82, 2.24) is 20.1 Å². The maximum atomic E-state index is 4.24. The Morgan fingerprint density at radius 1 is 1.20 bits per heavy atom. The van der Waals surface area contributed by atoms with Crippen molar-refractivity contribution in [3.63, 3.8) is 0 Å². The van der Waals surface area contributed by atoms with Crippen LogP contribution in [0.5, 0.6) is 0 Å². The molecule has 20 heavy (non-hydrogen) atoms. The van der Waals surface area contributed by atoms with Gasteiger partial charge < -0.3 is 9.88 Å². The van der Waals surface area contributed by atoms with Crippen molar-refractivity contribution >= 4 is 0 Å². The molecular formula is C16H24N4. The van der Waals surface area contributed by atoms with Gasteiger partial charge in [-0.05, 0) is 37.5 Å². The number of aromatic nitrogens is 3. The minimum Gasteiger partial charge on any atom is -0.317 e. The summed E-state index contributed by atoms with van der Waals surface area (Å²) in [5.41, 5.74) is 4.05. The highest BCUT2D eigenvalue weighted by Crippen LogP contribution is 2.20. The van der Waals surface area contributed by atoms with Crippen molar-refractivity contribution in [3.8, 4) is 0 Å². The molecule has 0 fully saturated rings. The van der Waals surface area contributed by atoms with Crippen molar-refractivity contribution in [1.29, 1.82) is 0 Å². The summed E-state index contributed by atoms with van der Waals surface area (Å²) < 4.78 is 2.07. The third-order valence-electron chi connectivity index (χ3n) is 4.05. The molecule has 2 aromatic rings. The molecule has 1 atom stereocenters. The Labute approximate surface area is 121 Å². The average Bonchev–Trinajstić information content (AvgIpc) is 2.79. The molecule has 0 spiro atoms. The van der Waals surface area contributed by atoms with Crippen LogP contribution in [0.25, 0.3) is 0 Å². The Balaban J connectivity index is 2.06. The Hall–Kier alpha value is -1.68. The minimum absolute atomic E-state index is 0.302. The quantitative estimate of drug-likeness (QED) is 0.910. The van der Waals surface area contributed by atoms with E-state index in [1.54, 1.807) is 0 Å². The first-order valence-corrected chi connectivity index (χ1v) is 7.21. The molecule has 1 heterocycles.